The van der Waals surface area contributed by atoms with Crippen LogP contribution in [0.3, 0.4) is 0 Å². The molecule has 1 aromatic heterocycles. The van der Waals surface area contributed by atoms with E-state index < -0.39 is 0 Å². The second-order valence-electron chi connectivity index (χ2n) is 4.99. The number of methoxy groups -OCH3 is 1. The minimum absolute atomic E-state index is 0.0196. The second-order valence-corrected chi connectivity index (χ2v) is 5.37. The van der Waals surface area contributed by atoms with Crippen molar-refractivity contribution in [1.29, 1.82) is 0 Å². The molecule has 0 amide bonds. The van der Waals surface area contributed by atoms with Crippen LogP contribution in [-0.2, 0) is 11.3 Å². The fourth-order valence-corrected chi connectivity index (χ4v) is 2.63. The molecular formula is C11H17N3OS. The zero-order valence-corrected chi connectivity index (χ0v) is 10.3. The molecule has 5 heteroatoms. The molecule has 0 spiro atoms. The van der Waals surface area contributed by atoms with E-state index in [4.69, 9.17) is 17.0 Å². The number of aromatic amines is 1. The quantitative estimate of drug-likeness (QED) is 0.820. The van der Waals surface area contributed by atoms with E-state index in [0.29, 0.717) is 5.92 Å². The number of aromatic nitrogens is 3. The molecule has 1 aromatic rings. The van der Waals surface area contributed by atoms with Crippen LogP contribution >= 0.6 is 12.2 Å². The minimum Gasteiger partial charge on any atom is -0.376 e. The van der Waals surface area contributed by atoms with E-state index in [1.54, 1.807) is 7.11 Å². The van der Waals surface area contributed by atoms with Crippen molar-refractivity contribution >= 4 is 12.2 Å². The van der Waals surface area contributed by atoms with Gasteiger partial charge < -0.3 is 9.30 Å². The largest absolute Gasteiger partial charge is 0.376 e. The number of hydrogen-bond acceptors (Lipinski definition) is 3. The topological polar surface area (TPSA) is 42.8 Å². The van der Waals surface area contributed by atoms with Crippen LogP contribution < -0.4 is 0 Å². The number of H-pyrrole nitrogens is 1. The van der Waals surface area contributed by atoms with Crippen molar-refractivity contribution in [3.05, 3.63) is 10.6 Å². The van der Waals surface area contributed by atoms with Crippen LogP contribution in [0.4, 0.5) is 0 Å². The van der Waals surface area contributed by atoms with Crippen molar-refractivity contribution in [2.45, 2.75) is 50.2 Å². The highest BCUT2D eigenvalue weighted by molar-refractivity contribution is 7.71. The van der Waals surface area contributed by atoms with Gasteiger partial charge in [-0.3, -0.25) is 5.10 Å². The molecule has 2 fully saturated rings. The van der Waals surface area contributed by atoms with Gasteiger partial charge in [0.05, 0.1) is 12.1 Å². The first-order chi connectivity index (χ1) is 7.74. The lowest BCUT2D eigenvalue weighted by molar-refractivity contribution is -0.0842. The van der Waals surface area contributed by atoms with Gasteiger partial charge >= 0.3 is 0 Å². The van der Waals surface area contributed by atoms with Gasteiger partial charge in [-0.25, -0.2) is 0 Å². The molecule has 0 atom stereocenters. The normalized spacial score (nSPS) is 23.1. The average Bonchev–Trinajstić information content (AvgIpc) is 2.99. The summed E-state index contributed by atoms with van der Waals surface area (Å²) in [5.41, 5.74) is 0.0196. The van der Waals surface area contributed by atoms with Crippen LogP contribution in [0, 0.1) is 4.77 Å². The molecule has 1 N–H and O–H groups in total. The van der Waals surface area contributed by atoms with E-state index >= 15 is 0 Å². The first-order valence-corrected chi connectivity index (χ1v) is 6.35. The maximum atomic E-state index is 5.65. The van der Waals surface area contributed by atoms with Crippen molar-refractivity contribution in [2.75, 3.05) is 7.11 Å². The van der Waals surface area contributed by atoms with E-state index in [-0.39, 0.29) is 5.60 Å². The molecule has 0 aliphatic heterocycles. The van der Waals surface area contributed by atoms with Crippen molar-refractivity contribution in [2.24, 2.45) is 0 Å². The molecule has 0 aromatic carbocycles. The van der Waals surface area contributed by atoms with E-state index in [2.05, 4.69) is 14.8 Å². The van der Waals surface area contributed by atoms with Crippen LogP contribution in [0.15, 0.2) is 0 Å². The van der Waals surface area contributed by atoms with Gasteiger partial charge in [0.25, 0.3) is 0 Å². The Morgan fingerprint density at radius 3 is 2.81 bits per heavy atom. The van der Waals surface area contributed by atoms with Crippen molar-refractivity contribution in [3.8, 4) is 0 Å². The molecule has 16 heavy (non-hydrogen) atoms. The number of nitrogens with zero attached hydrogens (tertiary/aromatic N) is 2. The van der Waals surface area contributed by atoms with Crippen molar-refractivity contribution < 1.29 is 4.74 Å². The van der Waals surface area contributed by atoms with E-state index in [0.717, 1.165) is 30.0 Å². The van der Waals surface area contributed by atoms with Gasteiger partial charge in [-0.05, 0) is 44.3 Å². The Morgan fingerprint density at radius 2 is 2.31 bits per heavy atom. The zero-order valence-electron chi connectivity index (χ0n) is 9.53. The van der Waals surface area contributed by atoms with Gasteiger partial charge in [0.15, 0.2) is 4.77 Å². The Labute approximate surface area is 100 Å². The molecule has 2 saturated carbocycles. The van der Waals surface area contributed by atoms with Crippen LogP contribution in [0.25, 0.3) is 0 Å². The molecule has 2 aliphatic carbocycles. The smallest absolute Gasteiger partial charge is 0.195 e. The number of rotatable bonds is 4. The average molecular weight is 239 g/mol. The molecule has 88 valence electrons. The highest BCUT2D eigenvalue weighted by atomic mass is 32.1. The third kappa shape index (κ3) is 1.62. The summed E-state index contributed by atoms with van der Waals surface area (Å²) in [6, 6.07) is 0. The summed E-state index contributed by atoms with van der Waals surface area (Å²) in [5.74, 6) is 1.76. The summed E-state index contributed by atoms with van der Waals surface area (Å²) in [6.45, 7) is 0.866. The lowest BCUT2D eigenvalue weighted by atomic mass is 9.80. The van der Waals surface area contributed by atoms with Crippen LogP contribution in [-0.4, -0.2) is 27.5 Å². The summed E-state index contributed by atoms with van der Waals surface area (Å²) in [5, 5.41) is 7.26. The minimum atomic E-state index is 0.0196. The highest BCUT2D eigenvalue weighted by Gasteiger charge is 2.39. The first kappa shape index (κ1) is 10.5. The van der Waals surface area contributed by atoms with E-state index in [1.165, 1.54) is 19.3 Å². The fourth-order valence-electron chi connectivity index (χ4n) is 2.42. The third-order valence-electron chi connectivity index (χ3n) is 3.87. The van der Waals surface area contributed by atoms with Gasteiger partial charge in [0.1, 0.15) is 5.82 Å². The van der Waals surface area contributed by atoms with Gasteiger partial charge in [-0.15, -0.1) is 0 Å². The number of ether oxygens (including phenoxy) is 1. The number of nitrogens with one attached hydrogen (secondary N) is 1. The van der Waals surface area contributed by atoms with Gasteiger partial charge in [-0.1, -0.05) is 0 Å². The van der Waals surface area contributed by atoms with Gasteiger partial charge in [0.2, 0.25) is 0 Å². The van der Waals surface area contributed by atoms with Crippen LogP contribution in [0.5, 0.6) is 0 Å². The van der Waals surface area contributed by atoms with Crippen molar-refractivity contribution in [3.63, 3.8) is 0 Å². The summed E-state index contributed by atoms with van der Waals surface area (Å²) in [6.07, 6.45) is 6.04. The Bertz CT molecular complexity index is 437. The molecular weight excluding hydrogens is 222 g/mol. The molecule has 2 aliphatic rings. The molecule has 0 unspecified atom stereocenters. The van der Waals surface area contributed by atoms with Crippen LogP contribution in [0.1, 0.15) is 43.8 Å². The maximum absolute atomic E-state index is 5.65. The SMILES string of the molecule is COC1(Cn2c(C3CC3)n[nH]c2=S)CCC1. The van der Waals surface area contributed by atoms with E-state index in [9.17, 15) is 0 Å². The molecule has 4 nitrogen and oxygen atoms in total. The van der Waals surface area contributed by atoms with Crippen LogP contribution in [0.2, 0.25) is 0 Å². The number of hydrogen-bond donors (Lipinski definition) is 1. The van der Waals surface area contributed by atoms with Crippen molar-refractivity contribution in [1.82, 2.24) is 14.8 Å². The lowest BCUT2D eigenvalue weighted by Gasteiger charge is -2.40. The summed E-state index contributed by atoms with van der Waals surface area (Å²) in [4.78, 5) is 0. The summed E-state index contributed by atoms with van der Waals surface area (Å²) in [7, 11) is 1.81. The highest BCUT2D eigenvalue weighted by Crippen LogP contribution is 2.41. The molecule has 0 bridgehead atoms. The standard InChI is InChI=1S/C11H17N3OS/c1-15-11(5-2-6-11)7-14-9(8-3-4-8)12-13-10(14)16/h8H,2-7H2,1H3,(H,13,16). The molecule has 0 saturated heterocycles. The molecule has 1 heterocycles. The Morgan fingerprint density at radius 1 is 1.56 bits per heavy atom. The first-order valence-electron chi connectivity index (χ1n) is 5.94. The lowest BCUT2D eigenvalue weighted by Crippen LogP contribution is -2.43. The van der Waals surface area contributed by atoms with Gasteiger partial charge in [-0.2, -0.15) is 5.10 Å². The molecule has 0 radical (unpaired) electrons. The second kappa shape index (κ2) is 3.67. The summed E-state index contributed by atoms with van der Waals surface area (Å²) >= 11 is 5.30. The molecule has 3 rings (SSSR count). The fraction of sp³-hybridized carbons (Fsp3) is 0.818. The Kier molecular flexibility index (Phi) is 2.40. The Balaban J connectivity index is 1.87. The zero-order chi connectivity index (χ0) is 11.2. The monoisotopic (exact) mass is 239 g/mol. The summed E-state index contributed by atoms with van der Waals surface area (Å²) < 4.78 is 8.54. The van der Waals surface area contributed by atoms with Gasteiger partial charge in [0, 0.05) is 13.0 Å². The predicted octanol–water partition coefficient (Wildman–Crippen LogP) is 2.39. The third-order valence-corrected chi connectivity index (χ3v) is 4.19. The Hall–Kier alpha value is -0.680. The predicted molar refractivity (Wildman–Crippen MR) is 63.0 cm³/mol. The maximum Gasteiger partial charge on any atom is 0.195 e. The van der Waals surface area contributed by atoms with E-state index in [1.807, 2.05) is 0 Å².